The highest BCUT2D eigenvalue weighted by Gasteiger charge is 2.08. The zero-order valence-corrected chi connectivity index (χ0v) is 14.2. The average molecular weight is 308 g/mol. The van der Waals surface area contributed by atoms with Crippen LogP contribution in [-0.2, 0) is 6.54 Å². The van der Waals surface area contributed by atoms with Crippen molar-refractivity contribution in [2.24, 2.45) is 5.41 Å². The maximum absolute atomic E-state index is 6.20. The molecule has 2 aromatic rings. The van der Waals surface area contributed by atoms with Crippen molar-refractivity contribution in [1.82, 2.24) is 4.90 Å². The fourth-order valence-electron chi connectivity index (χ4n) is 2.15. The molecule has 0 bridgehead atoms. The molecule has 0 atom stereocenters. The average Bonchev–Trinajstić information content (AvgIpc) is 2.71. The van der Waals surface area contributed by atoms with Gasteiger partial charge in [0.15, 0.2) is 0 Å². The molecule has 0 unspecified atom stereocenters. The fraction of sp³-hybridized carbons (Fsp3) is 0.412. The molecule has 108 valence electrons. The van der Waals surface area contributed by atoms with Crippen LogP contribution in [-0.4, -0.2) is 18.5 Å². The summed E-state index contributed by atoms with van der Waals surface area (Å²) >= 11 is 7.93. The molecule has 0 fully saturated rings. The smallest absolute Gasteiger partial charge is 0.0591 e. The minimum Gasteiger partial charge on any atom is -0.298 e. The minimum absolute atomic E-state index is 0.252. The van der Waals surface area contributed by atoms with Crippen LogP contribution in [0.3, 0.4) is 0 Å². The maximum Gasteiger partial charge on any atom is 0.0591 e. The van der Waals surface area contributed by atoms with Gasteiger partial charge in [-0.15, -0.1) is 11.3 Å². The van der Waals surface area contributed by atoms with E-state index in [1.54, 1.807) is 11.3 Å². The van der Waals surface area contributed by atoms with Crippen molar-refractivity contribution < 1.29 is 0 Å². The summed E-state index contributed by atoms with van der Waals surface area (Å²) in [6.07, 6.45) is 4.52. The monoisotopic (exact) mass is 307 g/mol. The lowest BCUT2D eigenvalue weighted by Gasteiger charge is -2.17. The number of rotatable bonds is 4. The quantitative estimate of drug-likeness (QED) is 0.666. The summed E-state index contributed by atoms with van der Waals surface area (Å²) in [5.41, 5.74) is 1.60. The van der Waals surface area contributed by atoms with Crippen molar-refractivity contribution in [3.05, 3.63) is 46.3 Å². The number of thiophene rings is 1. The van der Waals surface area contributed by atoms with Gasteiger partial charge in [0.25, 0.3) is 0 Å². The molecule has 0 saturated heterocycles. The van der Waals surface area contributed by atoms with Gasteiger partial charge in [0.2, 0.25) is 0 Å². The Morgan fingerprint density at radius 3 is 2.75 bits per heavy atom. The molecule has 0 aliphatic carbocycles. The highest BCUT2D eigenvalue weighted by atomic mass is 35.5. The van der Waals surface area contributed by atoms with Crippen molar-refractivity contribution in [1.29, 1.82) is 0 Å². The summed E-state index contributed by atoms with van der Waals surface area (Å²) in [6.45, 7) is 8.57. The van der Waals surface area contributed by atoms with Crippen LogP contribution in [0.2, 0.25) is 5.02 Å². The number of nitrogens with zero attached hydrogens (tertiary/aromatic N) is 1. The number of hydrogen-bond acceptors (Lipinski definition) is 2. The largest absolute Gasteiger partial charge is 0.298 e. The second-order valence-corrected chi connectivity index (χ2v) is 7.63. The first-order valence-corrected chi connectivity index (χ1v) is 8.13. The zero-order valence-electron chi connectivity index (χ0n) is 12.6. The molecule has 20 heavy (non-hydrogen) atoms. The topological polar surface area (TPSA) is 3.24 Å². The van der Waals surface area contributed by atoms with E-state index >= 15 is 0 Å². The van der Waals surface area contributed by atoms with E-state index in [0.717, 1.165) is 18.1 Å². The molecule has 1 heterocycles. The van der Waals surface area contributed by atoms with Crippen molar-refractivity contribution in [3.63, 3.8) is 0 Å². The van der Waals surface area contributed by atoms with Gasteiger partial charge in [0.1, 0.15) is 0 Å². The second kappa shape index (κ2) is 6.30. The molecular formula is C17H22ClNS. The number of benzene rings is 1. The van der Waals surface area contributed by atoms with E-state index in [1.165, 1.54) is 15.6 Å². The van der Waals surface area contributed by atoms with E-state index in [4.69, 9.17) is 11.6 Å². The van der Waals surface area contributed by atoms with Crippen LogP contribution in [0.5, 0.6) is 0 Å². The van der Waals surface area contributed by atoms with Crippen molar-refractivity contribution in [2.45, 2.75) is 27.3 Å². The third kappa shape index (κ3) is 4.08. The van der Waals surface area contributed by atoms with Crippen molar-refractivity contribution in [3.8, 4) is 0 Å². The van der Waals surface area contributed by atoms with Crippen molar-refractivity contribution in [2.75, 3.05) is 13.6 Å². The summed E-state index contributed by atoms with van der Waals surface area (Å²) in [5.74, 6) is 0. The van der Waals surface area contributed by atoms with Crippen molar-refractivity contribution >= 4 is 33.0 Å². The van der Waals surface area contributed by atoms with Crippen LogP contribution < -0.4 is 0 Å². The van der Waals surface area contributed by atoms with Crippen LogP contribution in [0.25, 0.3) is 10.1 Å². The molecule has 1 aromatic carbocycles. The van der Waals surface area contributed by atoms with Crippen LogP contribution in [0.4, 0.5) is 0 Å². The zero-order chi connectivity index (χ0) is 14.8. The van der Waals surface area contributed by atoms with Crippen LogP contribution >= 0.6 is 22.9 Å². The van der Waals surface area contributed by atoms with Gasteiger partial charge in [-0.1, -0.05) is 62.7 Å². The van der Waals surface area contributed by atoms with Gasteiger partial charge in [-0.05, 0) is 18.0 Å². The Morgan fingerprint density at radius 1 is 1.30 bits per heavy atom. The van der Waals surface area contributed by atoms with Gasteiger partial charge in [0.05, 0.1) is 5.02 Å². The Balaban J connectivity index is 2.07. The second-order valence-electron chi connectivity index (χ2n) is 6.34. The third-order valence-electron chi connectivity index (χ3n) is 3.11. The standard InChI is InChI=1S/C17H22ClNS/c1-17(2,3)9-6-10-19(4)11-13-7-5-8-14-15(18)12-20-16(13)14/h5-9,12H,10-11H2,1-4H3/b9-6+. The number of halogens is 1. The lowest BCUT2D eigenvalue weighted by Crippen LogP contribution is -2.18. The molecule has 2 rings (SSSR count). The van der Waals surface area contributed by atoms with E-state index in [0.29, 0.717) is 0 Å². The van der Waals surface area contributed by atoms with Gasteiger partial charge < -0.3 is 0 Å². The van der Waals surface area contributed by atoms with E-state index in [9.17, 15) is 0 Å². The Kier molecular flexibility index (Phi) is 4.90. The first kappa shape index (κ1) is 15.6. The maximum atomic E-state index is 6.20. The van der Waals surface area contributed by atoms with E-state index in [-0.39, 0.29) is 5.41 Å². The lowest BCUT2D eigenvalue weighted by atomic mass is 9.96. The highest BCUT2D eigenvalue weighted by molar-refractivity contribution is 7.18. The Morgan fingerprint density at radius 2 is 2.05 bits per heavy atom. The normalized spacial score (nSPS) is 12.9. The van der Waals surface area contributed by atoms with Gasteiger partial charge in [-0.25, -0.2) is 0 Å². The van der Waals surface area contributed by atoms with Crippen LogP contribution in [0.1, 0.15) is 26.3 Å². The first-order chi connectivity index (χ1) is 9.37. The summed E-state index contributed by atoms with van der Waals surface area (Å²) in [5, 5.41) is 4.06. The molecule has 0 aliphatic heterocycles. The minimum atomic E-state index is 0.252. The highest BCUT2D eigenvalue weighted by Crippen LogP contribution is 2.32. The number of hydrogen-bond donors (Lipinski definition) is 0. The van der Waals surface area contributed by atoms with Crippen LogP contribution in [0, 0.1) is 5.41 Å². The molecule has 0 spiro atoms. The fourth-order valence-corrected chi connectivity index (χ4v) is 3.44. The van der Waals surface area contributed by atoms with Gasteiger partial charge in [0, 0.05) is 28.6 Å². The summed E-state index contributed by atoms with van der Waals surface area (Å²) in [4.78, 5) is 2.32. The molecule has 3 heteroatoms. The van der Waals surface area contributed by atoms with Gasteiger partial charge in [-0.3, -0.25) is 4.90 Å². The molecule has 0 saturated carbocycles. The van der Waals surface area contributed by atoms with E-state index in [1.807, 2.05) is 5.38 Å². The van der Waals surface area contributed by atoms with Crippen LogP contribution in [0.15, 0.2) is 35.7 Å². The summed E-state index contributed by atoms with van der Waals surface area (Å²) in [6, 6.07) is 6.38. The summed E-state index contributed by atoms with van der Waals surface area (Å²) < 4.78 is 1.31. The first-order valence-electron chi connectivity index (χ1n) is 6.87. The molecule has 0 N–H and O–H groups in total. The number of likely N-dealkylation sites (N-methyl/N-ethyl adjacent to an activating group) is 1. The molecule has 0 radical (unpaired) electrons. The number of fused-ring (bicyclic) bond motifs is 1. The number of allylic oxidation sites excluding steroid dienone is 1. The Labute approximate surface area is 130 Å². The molecule has 0 amide bonds. The van der Waals surface area contributed by atoms with E-state index in [2.05, 4.69) is 63.1 Å². The molecule has 0 aliphatic rings. The predicted molar refractivity (Wildman–Crippen MR) is 91.8 cm³/mol. The van der Waals surface area contributed by atoms with Gasteiger partial charge >= 0.3 is 0 Å². The molecule has 1 aromatic heterocycles. The van der Waals surface area contributed by atoms with E-state index < -0.39 is 0 Å². The third-order valence-corrected chi connectivity index (χ3v) is 4.62. The molecular weight excluding hydrogens is 286 g/mol. The lowest BCUT2D eigenvalue weighted by molar-refractivity contribution is 0.363. The molecule has 1 nitrogen and oxygen atoms in total. The summed E-state index contributed by atoms with van der Waals surface area (Å²) in [7, 11) is 2.15. The SMILES string of the molecule is CN(C/C=C/C(C)(C)C)Cc1cccc2c(Cl)csc12. The Bertz CT molecular complexity index is 607. The van der Waals surface area contributed by atoms with Gasteiger partial charge in [-0.2, -0.15) is 0 Å². The Hall–Kier alpha value is -0.830. The predicted octanol–water partition coefficient (Wildman–Crippen LogP) is 5.59.